The molecule has 0 aromatic heterocycles. The Morgan fingerprint density at radius 1 is 1.11 bits per heavy atom. The maximum Gasteiger partial charge on any atom is 0.119 e. The molecule has 2 fully saturated rings. The molecule has 1 heterocycles. The highest BCUT2D eigenvalue weighted by atomic mass is 16.5. The first kappa shape index (κ1) is 13.0. The predicted molar refractivity (Wildman–Crippen MR) is 78.7 cm³/mol. The normalized spacial score (nSPS) is 22.5. The van der Waals surface area contributed by atoms with Crippen LogP contribution in [0, 0.1) is 5.41 Å². The monoisotopic (exact) mass is 259 g/mol. The number of ether oxygens (including phenoxy) is 1. The quantitative estimate of drug-likeness (QED) is 0.893. The molecule has 1 saturated heterocycles. The van der Waals surface area contributed by atoms with Crippen LogP contribution in [0.5, 0.6) is 5.75 Å². The number of hydrogen-bond donors (Lipinski definition) is 1. The molecule has 104 valence electrons. The van der Waals surface area contributed by atoms with Gasteiger partial charge < -0.3 is 10.1 Å². The molecule has 1 spiro atoms. The van der Waals surface area contributed by atoms with E-state index in [9.17, 15) is 0 Å². The molecule has 2 nitrogen and oxygen atoms in total. The summed E-state index contributed by atoms with van der Waals surface area (Å²) in [6, 6.07) is 8.79. The van der Waals surface area contributed by atoms with Crippen molar-refractivity contribution in [3.8, 4) is 5.75 Å². The molecule has 0 unspecified atom stereocenters. The Morgan fingerprint density at radius 3 is 2.21 bits per heavy atom. The molecule has 1 aliphatic heterocycles. The fraction of sp³-hybridized carbons (Fsp3) is 0.647. The summed E-state index contributed by atoms with van der Waals surface area (Å²) in [7, 11) is 0. The lowest BCUT2D eigenvalue weighted by Crippen LogP contribution is -2.54. The lowest BCUT2D eigenvalue weighted by Gasteiger charge is -2.47. The van der Waals surface area contributed by atoms with Crippen molar-refractivity contribution in [2.45, 2.75) is 51.6 Å². The zero-order valence-electron chi connectivity index (χ0n) is 12.1. The minimum absolute atomic E-state index is 0.256. The molecule has 1 N–H and O–H groups in total. The third kappa shape index (κ3) is 2.79. The summed E-state index contributed by atoms with van der Waals surface area (Å²) in [4.78, 5) is 0. The van der Waals surface area contributed by atoms with Gasteiger partial charge in [-0.25, -0.2) is 0 Å². The van der Waals surface area contributed by atoms with Crippen molar-refractivity contribution < 1.29 is 4.74 Å². The summed E-state index contributed by atoms with van der Waals surface area (Å²) < 4.78 is 5.71. The first-order valence-corrected chi connectivity index (χ1v) is 7.64. The van der Waals surface area contributed by atoms with Crippen LogP contribution in [0.4, 0.5) is 0 Å². The average molecular weight is 259 g/mol. The number of hydrogen-bond acceptors (Lipinski definition) is 2. The van der Waals surface area contributed by atoms with Gasteiger partial charge in [-0.15, -0.1) is 0 Å². The van der Waals surface area contributed by atoms with Crippen LogP contribution < -0.4 is 10.1 Å². The van der Waals surface area contributed by atoms with E-state index in [-0.39, 0.29) is 6.10 Å². The molecule has 3 rings (SSSR count). The Bertz CT molecular complexity index is 409. The molecule has 1 saturated carbocycles. The Labute approximate surface area is 116 Å². The van der Waals surface area contributed by atoms with Gasteiger partial charge in [0.05, 0.1) is 6.10 Å². The lowest BCUT2D eigenvalue weighted by molar-refractivity contribution is 0.0975. The van der Waals surface area contributed by atoms with Crippen molar-refractivity contribution in [1.29, 1.82) is 0 Å². The van der Waals surface area contributed by atoms with Gasteiger partial charge >= 0.3 is 0 Å². The summed E-state index contributed by atoms with van der Waals surface area (Å²) in [6.07, 6.45) is 5.76. The van der Waals surface area contributed by atoms with E-state index in [1.54, 1.807) is 0 Å². The molecule has 0 amide bonds. The Morgan fingerprint density at radius 2 is 1.74 bits per heavy atom. The summed E-state index contributed by atoms with van der Waals surface area (Å²) in [5, 5.41) is 3.44. The van der Waals surface area contributed by atoms with Gasteiger partial charge in [-0.3, -0.25) is 0 Å². The van der Waals surface area contributed by atoms with Crippen LogP contribution in [0.25, 0.3) is 0 Å². The van der Waals surface area contributed by atoms with E-state index < -0.39 is 0 Å². The van der Waals surface area contributed by atoms with Crippen LogP contribution in [-0.4, -0.2) is 19.2 Å². The Balaban J connectivity index is 1.60. The Kier molecular flexibility index (Phi) is 3.53. The van der Waals surface area contributed by atoms with Gasteiger partial charge in [-0.1, -0.05) is 12.1 Å². The summed E-state index contributed by atoms with van der Waals surface area (Å²) in [6.45, 7) is 6.64. The molecular weight excluding hydrogens is 234 g/mol. The largest absolute Gasteiger partial charge is 0.491 e. The second-order valence-electron chi connectivity index (χ2n) is 6.61. The molecule has 1 aromatic rings. The number of nitrogens with one attached hydrogen (secondary N) is 1. The Hall–Kier alpha value is -1.02. The second kappa shape index (κ2) is 5.16. The summed E-state index contributed by atoms with van der Waals surface area (Å²) in [5.41, 5.74) is 2.16. The van der Waals surface area contributed by atoms with Crippen molar-refractivity contribution in [2.75, 3.05) is 13.1 Å². The van der Waals surface area contributed by atoms with Gasteiger partial charge in [-0.2, -0.15) is 0 Å². The van der Waals surface area contributed by atoms with Crippen molar-refractivity contribution in [1.82, 2.24) is 5.32 Å². The van der Waals surface area contributed by atoms with Crippen molar-refractivity contribution in [2.24, 2.45) is 5.41 Å². The average Bonchev–Trinajstić information content (AvgIpc) is 2.37. The third-order valence-electron chi connectivity index (χ3n) is 4.77. The standard InChI is InChI=1S/C17H25NO/c1-13(2)19-16-5-3-14(4-6-16)15-7-9-17(10-8-15)11-18-12-17/h3-6,13,15,18H,7-12H2,1-2H3. The molecule has 1 aliphatic carbocycles. The second-order valence-corrected chi connectivity index (χ2v) is 6.61. The lowest BCUT2D eigenvalue weighted by atomic mass is 9.66. The molecule has 19 heavy (non-hydrogen) atoms. The van der Waals surface area contributed by atoms with Crippen LogP contribution in [-0.2, 0) is 0 Å². The number of rotatable bonds is 3. The number of benzene rings is 1. The summed E-state index contributed by atoms with van der Waals surface area (Å²) >= 11 is 0. The predicted octanol–water partition coefficient (Wildman–Crippen LogP) is 3.72. The fourth-order valence-electron chi connectivity index (χ4n) is 3.49. The van der Waals surface area contributed by atoms with Crippen LogP contribution in [0.15, 0.2) is 24.3 Å². The van der Waals surface area contributed by atoms with Crippen LogP contribution in [0.1, 0.15) is 51.0 Å². The van der Waals surface area contributed by atoms with Gasteiger partial charge in [0.25, 0.3) is 0 Å². The minimum atomic E-state index is 0.256. The van der Waals surface area contributed by atoms with E-state index in [0.717, 1.165) is 11.7 Å². The smallest absolute Gasteiger partial charge is 0.119 e. The first-order chi connectivity index (χ1) is 9.17. The molecular formula is C17H25NO. The van der Waals surface area contributed by atoms with Gasteiger partial charge in [0.2, 0.25) is 0 Å². The highest BCUT2D eigenvalue weighted by Crippen LogP contribution is 2.45. The van der Waals surface area contributed by atoms with Gasteiger partial charge in [0.1, 0.15) is 5.75 Å². The van der Waals surface area contributed by atoms with Crippen LogP contribution >= 0.6 is 0 Å². The van der Waals surface area contributed by atoms with E-state index in [2.05, 4.69) is 43.4 Å². The van der Waals surface area contributed by atoms with E-state index >= 15 is 0 Å². The van der Waals surface area contributed by atoms with Gasteiger partial charge in [0, 0.05) is 13.1 Å². The van der Waals surface area contributed by atoms with Crippen molar-refractivity contribution >= 4 is 0 Å². The van der Waals surface area contributed by atoms with Crippen LogP contribution in [0.2, 0.25) is 0 Å². The zero-order valence-corrected chi connectivity index (χ0v) is 12.1. The minimum Gasteiger partial charge on any atom is -0.491 e. The van der Waals surface area contributed by atoms with Crippen LogP contribution in [0.3, 0.4) is 0 Å². The molecule has 2 aliphatic rings. The van der Waals surface area contributed by atoms with Gasteiger partial charge in [0.15, 0.2) is 0 Å². The van der Waals surface area contributed by atoms with E-state index in [1.807, 2.05) is 0 Å². The molecule has 0 atom stereocenters. The van der Waals surface area contributed by atoms with Crippen molar-refractivity contribution in [3.63, 3.8) is 0 Å². The molecule has 0 radical (unpaired) electrons. The highest BCUT2D eigenvalue weighted by molar-refractivity contribution is 5.30. The SMILES string of the molecule is CC(C)Oc1ccc(C2CCC3(CC2)CNC3)cc1. The van der Waals surface area contributed by atoms with Crippen molar-refractivity contribution in [3.05, 3.63) is 29.8 Å². The zero-order chi connectivity index (χ0) is 13.3. The topological polar surface area (TPSA) is 21.3 Å². The van der Waals surface area contributed by atoms with Gasteiger partial charge in [-0.05, 0) is 68.6 Å². The first-order valence-electron chi connectivity index (χ1n) is 7.64. The maximum absolute atomic E-state index is 5.71. The molecule has 0 bridgehead atoms. The fourth-order valence-corrected chi connectivity index (χ4v) is 3.49. The van der Waals surface area contributed by atoms with E-state index in [1.165, 1.54) is 44.3 Å². The molecule has 2 heteroatoms. The highest BCUT2D eigenvalue weighted by Gasteiger charge is 2.40. The van der Waals surface area contributed by atoms with E-state index in [0.29, 0.717) is 5.41 Å². The summed E-state index contributed by atoms with van der Waals surface area (Å²) in [5.74, 6) is 1.76. The third-order valence-corrected chi connectivity index (χ3v) is 4.77. The maximum atomic E-state index is 5.71. The van der Waals surface area contributed by atoms with E-state index in [4.69, 9.17) is 4.74 Å². The molecule has 1 aromatic carbocycles.